The fourth-order valence-corrected chi connectivity index (χ4v) is 2.61. The third-order valence-corrected chi connectivity index (χ3v) is 3.84. The number of aromatic nitrogens is 3. The molecule has 2 aromatic carbocycles. The van der Waals surface area contributed by atoms with Crippen LogP contribution >= 0.6 is 0 Å². The molecule has 0 spiro atoms. The Kier molecular flexibility index (Phi) is 3.89. The number of aryl methyl sites for hydroxylation is 1. The second-order valence-electron chi connectivity index (χ2n) is 5.39. The van der Waals surface area contributed by atoms with Crippen LogP contribution in [0.15, 0.2) is 48.5 Å². The van der Waals surface area contributed by atoms with Gasteiger partial charge in [0.15, 0.2) is 0 Å². The van der Waals surface area contributed by atoms with Crippen molar-refractivity contribution in [3.8, 4) is 11.3 Å². The van der Waals surface area contributed by atoms with Crippen molar-refractivity contribution in [3.63, 3.8) is 0 Å². The molecule has 0 aliphatic carbocycles. The lowest BCUT2D eigenvalue weighted by Crippen LogP contribution is -2.04. The van der Waals surface area contributed by atoms with Crippen molar-refractivity contribution in [1.82, 2.24) is 15.0 Å². The van der Waals surface area contributed by atoms with E-state index in [9.17, 15) is 10.1 Å². The molecule has 0 amide bonds. The largest absolute Gasteiger partial charge is 0.279 e. The second kappa shape index (κ2) is 6.00. The lowest BCUT2D eigenvalue weighted by atomic mass is 10.0. The normalized spacial score (nSPS) is 10.7. The third-order valence-electron chi connectivity index (χ3n) is 3.84. The number of hydrogen-bond donors (Lipinski definition) is 0. The first-order chi connectivity index (χ1) is 11.1. The summed E-state index contributed by atoms with van der Waals surface area (Å²) < 4.78 is 1.76. The molecule has 1 heterocycles. The van der Waals surface area contributed by atoms with Gasteiger partial charge in [0.25, 0.3) is 5.69 Å². The predicted molar refractivity (Wildman–Crippen MR) is 87.1 cm³/mol. The average Bonchev–Trinajstić information content (AvgIpc) is 2.89. The molecule has 6 nitrogen and oxygen atoms in total. The number of hydrogen-bond acceptors (Lipinski definition) is 4. The van der Waals surface area contributed by atoms with Gasteiger partial charge in [-0.3, -0.25) is 10.1 Å². The number of benzene rings is 2. The van der Waals surface area contributed by atoms with E-state index in [1.165, 1.54) is 6.07 Å². The van der Waals surface area contributed by atoms with E-state index in [0.717, 1.165) is 16.8 Å². The summed E-state index contributed by atoms with van der Waals surface area (Å²) in [6.07, 6.45) is 0. The predicted octanol–water partition coefficient (Wildman–Crippen LogP) is 3.52. The summed E-state index contributed by atoms with van der Waals surface area (Å²) >= 11 is 0. The molecular weight excluding hydrogens is 292 g/mol. The zero-order valence-corrected chi connectivity index (χ0v) is 12.9. The first kappa shape index (κ1) is 14.9. The molecule has 0 atom stereocenters. The van der Waals surface area contributed by atoms with Crippen molar-refractivity contribution in [1.29, 1.82) is 0 Å². The zero-order valence-electron chi connectivity index (χ0n) is 12.9. The van der Waals surface area contributed by atoms with Gasteiger partial charge in [0.05, 0.1) is 22.7 Å². The van der Waals surface area contributed by atoms with Crippen molar-refractivity contribution in [2.75, 3.05) is 0 Å². The summed E-state index contributed by atoms with van der Waals surface area (Å²) in [4.78, 5) is 10.9. The smallest absolute Gasteiger partial charge is 0.258 e. The number of rotatable bonds is 4. The first-order valence-electron chi connectivity index (χ1n) is 7.26. The molecule has 0 aliphatic heterocycles. The zero-order chi connectivity index (χ0) is 16.4. The average molecular weight is 308 g/mol. The van der Waals surface area contributed by atoms with Crippen molar-refractivity contribution >= 4 is 5.69 Å². The van der Waals surface area contributed by atoms with E-state index in [1.54, 1.807) is 10.7 Å². The van der Waals surface area contributed by atoms with E-state index in [-0.39, 0.29) is 10.6 Å². The lowest BCUT2D eigenvalue weighted by Gasteiger charge is -2.06. The van der Waals surface area contributed by atoms with Gasteiger partial charge < -0.3 is 0 Å². The molecule has 0 radical (unpaired) electrons. The van der Waals surface area contributed by atoms with Crippen LogP contribution in [0.25, 0.3) is 11.3 Å². The van der Waals surface area contributed by atoms with Gasteiger partial charge >= 0.3 is 0 Å². The van der Waals surface area contributed by atoms with Gasteiger partial charge in [-0.15, -0.1) is 5.10 Å². The SMILES string of the molecule is Cc1cccc([N+](=O)[O-])c1-c1nnn(Cc2ccccc2)c1C. The maximum Gasteiger partial charge on any atom is 0.279 e. The van der Waals surface area contributed by atoms with Gasteiger partial charge in [-0.05, 0) is 25.0 Å². The second-order valence-corrected chi connectivity index (χ2v) is 5.39. The molecule has 0 fully saturated rings. The molecule has 0 bridgehead atoms. The van der Waals surface area contributed by atoms with E-state index < -0.39 is 0 Å². The van der Waals surface area contributed by atoms with Gasteiger partial charge in [0.1, 0.15) is 5.69 Å². The Labute approximate surface area is 133 Å². The van der Waals surface area contributed by atoms with Gasteiger partial charge in [0, 0.05) is 6.07 Å². The highest BCUT2D eigenvalue weighted by Gasteiger charge is 2.22. The van der Waals surface area contributed by atoms with Crippen LogP contribution in [0.3, 0.4) is 0 Å². The highest BCUT2D eigenvalue weighted by Crippen LogP contribution is 2.33. The van der Waals surface area contributed by atoms with Gasteiger partial charge in [-0.2, -0.15) is 0 Å². The highest BCUT2D eigenvalue weighted by atomic mass is 16.6. The van der Waals surface area contributed by atoms with E-state index in [0.29, 0.717) is 17.8 Å². The van der Waals surface area contributed by atoms with Gasteiger partial charge in [0.2, 0.25) is 0 Å². The van der Waals surface area contributed by atoms with Gasteiger partial charge in [-0.1, -0.05) is 47.7 Å². The highest BCUT2D eigenvalue weighted by molar-refractivity contribution is 5.75. The van der Waals surface area contributed by atoms with E-state index in [1.807, 2.05) is 50.2 Å². The standard InChI is InChI=1S/C17H16N4O2/c1-12-7-6-10-15(21(22)23)16(12)17-13(2)20(19-18-17)11-14-8-4-3-5-9-14/h3-10H,11H2,1-2H3. The number of nitro groups is 1. The van der Waals surface area contributed by atoms with Crippen molar-refractivity contribution in [3.05, 3.63) is 75.5 Å². The minimum atomic E-state index is -0.377. The monoisotopic (exact) mass is 308 g/mol. The lowest BCUT2D eigenvalue weighted by molar-refractivity contribution is -0.384. The van der Waals surface area contributed by atoms with Crippen LogP contribution in [-0.4, -0.2) is 19.9 Å². The molecule has 0 N–H and O–H groups in total. The van der Waals surface area contributed by atoms with Crippen LogP contribution < -0.4 is 0 Å². The van der Waals surface area contributed by atoms with Crippen LogP contribution in [0, 0.1) is 24.0 Å². The summed E-state index contributed by atoms with van der Waals surface area (Å²) in [6.45, 7) is 4.31. The molecule has 1 aromatic heterocycles. The molecule has 0 unspecified atom stereocenters. The summed E-state index contributed by atoms with van der Waals surface area (Å²) in [7, 11) is 0. The molecule has 6 heteroatoms. The number of nitrogens with zero attached hydrogens (tertiary/aromatic N) is 4. The Morgan fingerprint density at radius 3 is 2.52 bits per heavy atom. The number of nitro benzene ring substituents is 1. The molecule has 0 aliphatic rings. The maximum atomic E-state index is 11.3. The molecule has 0 saturated heterocycles. The van der Waals surface area contributed by atoms with Crippen LogP contribution in [0.1, 0.15) is 16.8 Å². The fourth-order valence-electron chi connectivity index (χ4n) is 2.61. The Hall–Kier alpha value is -3.02. The minimum absolute atomic E-state index is 0.0554. The van der Waals surface area contributed by atoms with Crippen LogP contribution in [0.4, 0.5) is 5.69 Å². The Morgan fingerprint density at radius 2 is 1.83 bits per heavy atom. The summed E-state index contributed by atoms with van der Waals surface area (Å²) in [5.74, 6) is 0. The van der Waals surface area contributed by atoms with Crippen molar-refractivity contribution in [2.24, 2.45) is 0 Å². The van der Waals surface area contributed by atoms with E-state index >= 15 is 0 Å². The van der Waals surface area contributed by atoms with Crippen LogP contribution in [-0.2, 0) is 6.54 Å². The summed E-state index contributed by atoms with van der Waals surface area (Å²) in [5, 5.41) is 19.7. The topological polar surface area (TPSA) is 73.8 Å². The van der Waals surface area contributed by atoms with Crippen LogP contribution in [0.2, 0.25) is 0 Å². The Morgan fingerprint density at radius 1 is 1.09 bits per heavy atom. The van der Waals surface area contributed by atoms with Crippen LogP contribution in [0.5, 0.6) is 0 Å². The van der Waals surface area contributed by atoms with Crippen molar-refractivity contribution < 1.29 is 4.92 Å². The van der Waals surface area contributed by atoms with Crippen molar-refractivity contribution in [2.45, 2.75) is 20.4 Å². The quantitative estimate of drug-likeness (QED) is 0.546. The molecule has 3 aromatic rings. The Balaban J connectivity index is 2.05. The molecule has 0 saturated carbocycles. The third kappa shape index (κ3) is 2.83. The fraction of sp³-hybridized carbons (Fsp3) is 0.176. The summed E-state index contributed by atoms with van der Waals surface area (Å²) in [6, 6.07) is 14.9. The minimum Gasteiger partial charge on any atom is -0.258 e. The van der Waals surface area contributed by atoms with Gasteiger partial charge in [-0.25, -0.2) is 4.68 Å². The van der Waals surface area contributed by atoms with E-state index in [2.05, 4.69) is 10.3 Å². The molecule has 3 rings (SSSR count). The molecule has 116 valence electrons. The summed E-state index contributed by atoms with van der Waals surface area (Å²) in [5.41, 5.74) is 3.88. The first-order valence-corrected chi connectivity index (χ1v) is 7.26. The maximum absolute atomic E-state index is 11.3. The van der Waals surface area contributed by atoms with E-state index in [4.69, 9.17) is 0 Å². The molecule has 23 heavy (non-hydrogen) atoms. The molecular formula is C17H16N4O2. The Bertz CT molecular complexity index is 856.